The Hall–Kier alpha value is -3.11. The van der Waals surface area contributed by atoms with Crippen molar-refractivity contribution in [2.75, 3.05) is 32.8 Å². The van der Waals surface area contributed by atoms with Crippen molar-refractivity contribution in [2.24, 2.45) is 0 Å². The smallest absolute Gasteiger partial charge is 0.245 e. The number of sulfonamides is 1. The Labute approximate surface area is 197 Å². The van der Waals surface area contributed by atoms with Crippen LogP contribution in [0.2, 0.25) is 0 Å². The average Bonchev–Trinajstić information content (AvgIpc) is 2.82. The number of hydrogen-bond acceptors (Lipinski definition) is 5. The molecule has 1 aliphatic heterocycles. The van der Waals surface area contributed by atoms with E-state index in [1.54, 1.807) is 23.2 Å². The highest BCUT2D eigenvalue weighted by Crippen LogP contribution is 2.26. The summed E-state index contributed by atoms with van der Waals surface area (Å²) in [6.45, 7) is 2.94. The summed E-state index contributed by atoms with van der Waals surface area (Å²) in [5.74, 6) is -1.67. The fourth-order valence-corrected chi connectivity index (χ4v) is 5.51. The van der Waals surface area contributed by atoms with Gasteiger partial charge in [0.2, 0.25) is 15.9 Å². The topological polar surface area (TPSA) is 79.8 Å². The Kier molecular flexibility index (Phi) is 7.08. The molecule has 180 valence electrons. The second-order valence-corrected chi connectivity index (χ2v) is 10.1. The molecular formula is C24H25F2N3O4S. The average molecular weight is 490 g/mol. The SMILES string of the molecule is Cc1cnc2c(S(=O)(=O)N3CCN(C(=O)CCCOc4ccc(F)cc4F)CC3)cccc2c1. The molecule has 1 aromatic heterocycles. The molecule has 1 amide bonds. The van der Waals surface area contributed by atoms with Crippen molar-refractivity contribution < 1.29 is 26.7 Å². The molecule has 0 N–H and O–H groups in total. The van der Waals surface area contributed by atoms with Gasteiger partial charge in [-0.25, -0.2) is 17.2 Å². The molecule has 0 bridgehead atoms. The normalized spacial score (nSPS) is 15.0. The number of carbonyl (C=O) groups is 1. The third-order valence-corrected chi connectivity index (χ3v) is 7.64. The summed E-state index contributed by atoms with van der Waals surface area (Å²) >= 11 is 0. The van der Waals surface area contributed by atoms with Crippen molar-refractivity contribution in [3.05, 3.63) is 65.9 Å². The Bertz CT molecular complexity index is 1310. The maximum Gasteiger partial charge on any atom is 0.245 e. The molecule has 10 heteroatoms. The van der Waals surface area contributed by atoms with Gasteiger partial charge in [-0.2, -0.15) is 4.31 Å². The molecule has 7 nitrogen and oxygen atoms in total. The van der Waals surface area contributed by atoms with Gasteiger partial charge in [0.05, 0.1) is 12.1 Å². The number of fused-ring (bicyclic) bond motifs is 1. The molecule has 0 atom stereocenters. The van der Waals surface area contributed by atoms with E-state index in [-0.39, 0.29) is 55.8 Å². The van der Waals surface area contributed by atoms with Crippen molar-refractivity contribution in [2.45, 2.75) is 24.7 Å². The van der Waals surface area contributed by atoms with Crippen LogP contribution in [0.1, 0.15) is 18.4 Å². The van der Waals surface area contributed by atoms with Crippen molar-refractivity contribution in [1.82, 2.24) is 14.2 Å². The highest BCUT2D eigenvalue weighted by atomic mass is 32.2. The van der Waals surface area contributed by atoms with E-state index >= 15 is 0 Å². The van der Waals surface area contributed by atoms with Crippen molar-refractivity contribution >= 4 is 26.8 Å². The highest BCUT2D eigenvalue weighted by molar-refractivity contribution is 7.89. The Balaban J connectivity index is 1.31. The number of nitrogens with zero attached hydrogens (tertiary/aromatic N) is 3. The summed E-state index contributed by atoms with van der Waals surface area (Å²) in [6, 6.07) is 10.0. The lowest BCUT2D eigenvalue weighted by Gasteiger charge is -2.34. The van der Waals surface area contributed by atoms with Gasteiger partial charge in [0.15, 0.2) is 11.6 Å². The number of para-hydroxylation sites is 1. The molecule has 0 saturated carbocycles. The van der Waals surface area contributed by atoms with Crippen LogP contribution >= 0.6 is 0 Å². The van der Waals surface area contributed by atoms with E-state index in [0.717, 1.165) is 23.1 Å². The van der Waals surface area contributed by atoms with E-state index in [2.05, 4.69) is 4.98 Å². The van der Waals surface area contributed by atoms with Gasteiger partial charge in [0.1, 0.15) is 10.7 Å². The lowest BCUT2D eigenvalue weighted by atomic mass is 10.2. The number of carbonyl (C=O) groups excluding carboxylic acids is 1. The molecular weight excluding hydrogens is 464 g/mol. The van der Waals surface area contributed by atoms with Gasteiger partial charge < -0.3 is 9.64 Å². The quantitative estimate of drug-likeness (QED) is 0.475. The third kappa shape index (κ3) is 5.18. The minimum atomic E-state index is -3.76. The molecule has 1 aliphatic rings. The van der Waals surface area contributed by atoms with E-state index in [0.29, 0.717) is 11.9 Å². The molecule has 3 aromatic rings. The third-order valence-electron chi connectivity index (χ3n) is 5.71. The number of hydrogen-bond donors (Lipinski definition) is 0. The number of aryl methyl sites for hydroxylation is 1. The van der Waals surface area contributed by atoms with Gasteiger partial charge in [0, 0.05) is 50.2 Å². The molecule has 2 aromatic carbocycles. The molecule has 0 spiro atoms. The van der Waals surface area contributed by atoms with E-state index < -0.39 is 21.7 Å². The van der Waals surface area contributed by atoms with Crippen LogP contribution in [-0.2, 0) is 14.8 Å². The summed E-state index contributed by atoms with van der Waals surface area (Å²) in [4.78, 5) is 18.6. The van der Waals surface area contributed by atoms with Crippen LogP contribution in [0.5, 0.6) is 5.75 Å². The molecule has 1 saturated heterocycles. The first-order valence-electron chi connectivity index (χ1n) is 11.0. The summed E-state index contributed by atoms with van der Waals surface area (Å²) in [5, 5.41) is 0.762. The highest BCUT2D eigenvalue weighted by Gasteiger charge is 2.31. The maximum absolute atomic E-state index is 13.6. The molecule has 0 radical (unpaired) electrons. The molecule has 4 rings (SSSR count). The maximum atomic E-state index is 13.6. The van der Waals surface area contributed by atoms with Gasteiger partial charge in [-0.1, -0.05) is 12.1 Å². The zero-order valence-electron chi connectivity index (χ0n) is 18.7. The fourth-order valence-electron chi connectivity index (χ4n) is 3.92. The summed E-state index contributed by atoms with van der Waals surface area (Å²) < 4.78 is 59.7. The standard InChI is InChI=1S/C24H25F2N3O4S/c1-17-14-18-4-2-5-22(24(18)27-16-17)34(31,32)29-11-9-28(10-12-29)23(30)6-3-13-33-21-8-7-19(25)15-20(21)26/h2,4-5,7-8,14-16H,3,6,9-13H2,1H3. The van der Waals surface area contributed by atoms with E-state index in [1.807, 2.05) is 19.1 Å². The van der Waals surface area contributed by atoms with Crippen molar-refractivity contribution in [1.29, 1.82) is 0 Å². The number of benzene rings is 2. The van der Waals surface area contributed by atoms with Crippen molar-refractivity contribution in [3.8, 4) is 5.75 Å². The fraction of sp³-hybridized carbons (Fsp3) is 0.333. The van der Waals surface area contributed by atoms with Crippen LogP contribution in [-0.4, -0.2) is 61.3 Å². The number of amides is 1. The van der Waals surface area contributed by atoms with Crippen molar-refractivity contribution in [3.63, 3.8) is 0 Å². The zero-order valence-corrected chi connectivity index (χ0v) is 19.5. The number of ether oxygens (including phenoxy) is 1. The largest absolute Gasteiger partial charge is 0.491 e. The first-order chi connectivity index (χ1) is 16.3. The van der Waals surface area contributed by atoms with Crippen LogP contribution in [0, 0.1) is 18.6 Å². The Morgan fingerprint density at radius 3 is 2.59 bits per heavy atom. The Morgan fingerprint density at radius 1 is 1.09 bits per heavy atom. The monoisotopic (exact) mass is 489 g/mol. The van der Waals surface area contributed by atoms with Crippen LogP contribution in [0.4, 0.5) is 8.78 Å². The minimum absolute atomic E-state index is 0.0641. The first kappa shape index (κ1) is 24.0. The number of rotatable bonds is 7. The second kappa shape index (κ2) is 10.0. The predicted molar refractivity (Wildman–Crippen MR) is 123 cm³/mol. The summed E-state index contributed by atoms with van der Waals surface area (Å²) in [6.07, 6.45) is 2.18. The summed E-state index contributed by atoms with van der Waals surface area (Å²) in [5.41, 5.74) is 1.38. The number of pyridine rings is 1. The molecule has 0 unspecified atom stereocenters. The summed E-state index contributed by atoms with van der Waals surface area (Å²) in [7, 11) is -3.76. The zero-order chi connectivity index (χ0) is 24.3. The minimum Gasteiger partial charge on any atom is -0.491 e. The van der Waals surface area contributed by atoms with E-state index in [9.17, 15) is 22.0 Å². The van der Waals surface area contributed by atoms with Gasteiger partial charge in [-0.05, 0) is 43.2 Å². The van der Waals surface area contributed by atoms with Gasteiger partial charge in [-0.3, -0.25) is 9.78 Å². The molecule has 1 fully saturated rings. The van der Waals surface area contributed by atoms with Gasteiger partial charge >= 0.3 is 0 Å². The number of halogens is 2. The van der Waals surface area contributed by atoms with E-state index in [1.165, 1.54) is 10.4 Å². The lowest BCUT2D eigenvalue weighted by molar-refractivity contribution is -0.132. The lowest BCUT2D eigenvalue weighted by Crippen LogP contribution is -2.50. The van der Waals surface area contributed by atoms with Crippen LogP contribution in [0.3, 0.4) is 0 Å². The van der Waals surface area contributed by atoms with Gasteiger partial charge in [-0.15, -0.1) is 0 Å². The second-order valence-electron chi connectivity index (χ2n) is 8.15. The number of piperazine rings is 1. The molecule has 0 aliphatic carbocycles. The Morgan fingerprint density at radius 2 is 1.85 bits per heavy atom. The predicted octanol–water partition coefficient (Wildman–Crippen LogP) is 3.51. The number of aromatic nitrogens is 1. The molecule has 34 heavy (non-hydrogen) atoms. The van der Waals surface area contributed by atoms with Crippen LogP contribution < -0.4 is 4.74 Å². The van der Waals surface area contributed by atoms with Gasteiger partial charge in [0.25, 0.3) is 0 Å². The van der Waals surface area contributed by atoms with Crippen LogP contribution in [0.15, 0.2) is 53.6 Å². The first-order valence-corrected chi connectivity index (χ1v) is 12.4. The molecule has 2 heterocycles. The van der Waals surface area contributed by atoms with E-state index in [4.69, 9.17) is 4.74 Å². The van der Waals surface area contributed by atoms with Crippen LogP contribution in [0.25, 0.3) is 10.9 Å².